The van der Waals surface area contributed by atoms with Gasteiger partial charge < -0.3 is 80.6 Å². The number of fused-ring (bicyclic) bond motifs is 2. The van der Waals surface area contributed by atoms with Crippen LogP contribution in [0.4, 0.5) is 11.9 Å². The summed E-state index contributed by atoms with van der Waals surface area (Å²) in [6.45, 7) is 42.5. The van der Waals surface area contributed by atoms with Gasteiger partial charge in [-0.05, 0) is 113 Å². The van der Waals surface area contributed by atoms with E-state index in [2.05, 4.69) is 127 Å². The van der Waals surface area contributed by atoms with Crippen LogP contribution in [-0.4, -0.2) is 247 Å². The Labute approximate surface area is 510 Å². The molecule has 0 spiro atoms. The van der Waals surface area contributed by atoms with E-state index in [1.54, 1.807) is 0 Å². The van der Waals surface area contributed by atoms with Crippen LogP contribution in [0.15, 0.2) is 48.5 Å². The number of benzene rings is 2. The van der Waals surface area contributed by atoms with Crippen LogP contribution >= 0.6 is 0 Å². The number of nitrogens with zero attached hydrogens (tertiary/aromatic N) is 8. The predicted octanol–water partition coefficient (Wildman–Crippen LogP) is 7.78. The van der Waals surface area contributed by atoms with Crippen molar-refractivity contribution in [1.29, 1.82) is 0 Å². The monoisotopic (exact) mass is 1210 g/mol. The van der Waals surface area contributed by atoms with E-state index in [0.29, 0.717) is 0 Å². The molecule has 4 aromatic rings. The molecule has 0 bridgehead atoms. The van der Waals surface area contributed by atoms with Crippen LogP contribution in [0.1, 0.15) is 120 Å². The first-order valence-electron chi connectivity index (χ1n) is 30.9. The van der Waals surface area contributed by atoms with Gasteiger partial charge in [-0.15, -0.1) is 0 Å². The van der Waals surface area contributed by atoms with Crippen LogP contribution in [0.25, 0.3) is 22.1 Å². The van der Waals surface area contributed by atoms with E-state index < -0.39 is 35.8 Å². The van der Waals surface area contributed by atoms with E-state index in [1.807, 2.05) is 36.4 Å². The predicted molar refractivity (Wildman–Crippen MR) is 339 cm³/mol. The third-order valence-corrected chi connectivity index (χ3v) is 13.6. The van der Waals surface area contributed by atoms with Crippen molar-refractivity contribution in [2.24, 2.45) is 23.7 Å². The van der Waals surface area contributed by atoms with Crippen molar-refractivity contribution < 1.29 is 59.4 Å². The Morgan fingerprint density at radius 1 is 0.419 bits per heavy atom. The van der Waals surface area contributed by atoms with E-state index in [-0.39, 0.29) is 38.5 Å². The molecule has 4 heterocycles. The lowest BCUT2D eigenvalue weighted by atomic mass is 10.1. The number of nitrogens with one attached hydrogen (secondary N) is 4. The fraction of sp³-hybridized carbons (Fsp3) is 0.677. The van der Waals surface area contributed by atoms with Crippen molar-refractivity contribution in [3.8, 4) is 0 Å². The normalized spacial score (nSPS) is 14.1. The average molecular weight is 1210 g/mol. The van der Waals surface area contributed by atoms with Gasteiger partial charge >= 0.3 is 35.8 Å². The molecule has 2 aliphatic rings. The molecule has 0 aliphatic carbocycles. The molecule has 2 aliphatic heterocycles. The highest BCUT2D eigenvalue weighted by Crippen LogP contribution is 2.16. The second-order valence-corrected chi connectivity index (χ2v) is 23.8. The third kappa shape index (κ3) is 38.6. The quantitative estimate of drug-likeness (QED) is 0.0197. The SMILES string of the molecule is CC(C)CN(CCCN1CCN(CCCNc2nc3ccccc3[nH]2)CC1)CC(C)C.CC(C)CN(CCCN1CCN(CCCNc2nc3ccccc3[nH]2)CC1)CC(C)C.O=C(O)CCC(=O)O.O=C(O)CCC(=O)O.O=C(O)CCC(=O)O. The molecular weight excluding hydrogens is 1100 g/mol. The van der Waals surface area contributed by atoms with Crippen molar-refractivity contribution in [2.75, 3.05) is 142 Å². The molecule has 2 aromatic carbocycles. The summed E-state index contributed by atoms with van der Waals surface area (Å²) in [4.78, 5) is 89.6. The molecular formula is C62H106N12O12. The molecule has 0 unspecified atom stereocenters. The van der Waals surface area contributed by atoms with E-state index in [1.165, 1.54) is 118 Å². The van der Waals surface area contributed by atoms with Crippen LogP contribution < -0.4 is 10.6 Å². The zero-order valence-electron chi connectivity index (χ0n) is 52.9. The van der Waals surface area contributed by atoms with Crippen LogP contribution in [0.2, 0.25) is 0 Å². The molecule has 86 heavy (non-hydrogen) atoms. The number of aromatic amines is 2. The first-order valence-corrected chi connectivity index (χ1v) is 30.9. The summed E-state index contributed by atoms with van der Waals surface area (Å²) in [6.07, 6.45) is 3.11. The minimum atomic E-state index is -1.08. The molecule has 486 valence electrons. The van der Waals surface area contributed by atoms with Crippen LogP contribution in [0.3, 0.4) is 0 Å². The number of anilines is 2. The zero-order chi connectivity index (χ0) is 63.8. The minimum Gasteiger partial charge on any atom is -0.481 e. The Morgan fingerprint density at radius 3 is 0.895 bits per heavy atom. The molecule has 0 amide bonds. The summed E-state index contributed by atoms with van der Waals surface area (Å²) < 4.78 is 0. The Morgan fingerprint density at radius 2 is 0.663 bits per heavy atom. The fourth-order valence-corrected chi connectivity index (χ4v) is 9.82. The molecule has 2 aromatic heterocycles. The van der Waals surface area contributed by atoms with Gasteiger partial charge in [-0.3, -0.25) is 28.8 Å². The Kier molecular flexibility index (Phi) is 38.8. The smallest absolute Gasteiger partial charge is 0.303 e. The standard InChI is InChI=1S/2C25H44N6.3C4H6O4/c2*1-21(2)19-31(20-22(3)4)14-8-13-30-17-15-29(16-18-30)12-7-11-26-25-27-23-9-5-6-10-24(23)28-25;3*5-3(6)1-2-4(7)8/h2*5-6,9-10,21-22H,7-8,11-20H2,1-4H3,(H2,26,27,28);3*1-2H2,(H,5,6)(H,7,8). The number of rotatable bonds is 35. The second-order valence-electron chi connectivity index (χ2n) is 23.8. The molecule has 6 rings (SSSR count). The lowest BCUT2D eigenvalue weighted by Gasteiger charge is -2.35. The molecule has 2 saturated heterocycles. The number of H-pyrrole nitrogens is 2. The number of piperazine rings is 2. The molecule has 24 nitrogen and oxygen atoms in total. The number of para-hydroxylation sites is 4. The Bertz CT molecular complexity index is 2180. The summed E-state index contributed by atoms with van der Waals surface area (Å²) in [6, 6.07) is 16.4. The van der Waals surface area contributed by atoms with Gasteiger partial charge in [-0.2, -0.15) is 0 Å². The third-order valence-electron chi connectivity index (χ3n) is 13.6. The van der Waals surface area contributed by atoms with Crippen molar-refractivity contribution >= 4 is 69.8 Å². The Hall–Kier alpha value is -6.44. The second kappa shape index (κ2) is 44.1. The molecule has 0 atom stereocenters. The van der Waals surface area contributed by atoms with E-state index in [9.17, 15) is 28.8 Å². The van der Waals surface area contributed by atoms with Gasteiger partial charge in [0.1, 0.15) is 0 Å². The topological polar surface area (TPSA) is 325 Å². The number of carboxylic acids is 6. The number of hydrogen-bond acceptors (Lipinski definition) is 16. The molecule has 0 radical (unpaired) electrons. The molecule has 2 fully saturated rings. The van der Waals surface area contributed by atoms with Gasteiger partial charge in [-0.1, -0.05) is 79.7 Å². The lowest BCUT2D eigenvalue weighted by Crippen LogP contribution is -2.47. The first-order chi connectivity index (χ1) is 40.9. The van der Waals surface area contributed by atoms with E-state index in [0.717, 1.165) is 96.7 Å². The highest BCUT2D eigenvalue weighted by atomic mass is 16.4. The molecule has 0 saturated carbocycles. The number of carboxylic acid groups (broad SMARTS) is 6. The Balaban J connectivity index is 0.000000426. The van der Waals surface area contributed by atoms with Gasteiger partial charge in [0.25, 0.3) is 0 Å². The summed E-state index contributed by atoms with van der Waals surface area (Å²) in [7, 11) is 0. The highest BCUT2D eigenvalue weighted by Gasteiger charge is 2.19. The van der Waals surface area contributed by atoms with Crippen molar-refractivity contribution in [1.82, 2.24) is 49.3 Å². The number of aromatic nitrogens is 4. The van der Waals surface area contributed by atoms with Crippen LogP contribution in [0, 0.1) is 23.7 Å². The first kappa shape index (κ1) is 75.7. The summed E-state index contributed by atoms with van der Waals surface area (Å²) in [5.41, 5.74) is 4.24. The van der Waals surface area contributed by atoms with E-state index >= 15 is 0 Å². The largest absolute Gasteiger partial charge is 0.481 e. The summed E-state index contributed by atoms with van der Waals surface area (Å²) in [5.74, 6) is -1.68. The van der Waals surface area contributed by atoms with Gasteiger partial charge in [0.15, 0.2) is 0 Å². The lowest BCUT2D eigenvalue weighted by molar-refractivity contribution is -0.143. The maximum Gasteiger partial charge on any atom is 0.303 e. The van der Waals surface area contributed by atoms with Crippen molar-refractivity contribution in [3.63, 3.8) is 0 Å². The minimum absolute atomic E-state index is 0.296. The number of imidazole rings is 2. The van der Waals surface area contributed by atoms with Gasteiger partial charge in [0.2, 0.25) is 11.9 Å². The molecule has 24 heteroatoms. The summed E-state index contributed by atoms with van der Waals surface area (Å²) in [5, 5.41) is 54.3. The summed E-state index contributed by atoms with van der Waals surface area (Å²) >= 11 is 0. The van der Waals surface area contributed by atoms with Crippen molar-refractivity contribution in [2.45, 2.75) is 120 Å². The van der Waals surface area contributed by atoms with Crippen LogP contribution in [-0.2, 0) is 28.8 Å². The zero-order valence-corrected chi connectivity index (χ0v) is 52.9. The molecule has 10 N–H and O–H groups in total. The maximum atomic E-state index is 9.64. The van der Waals surface area contributed by atoms with E-state index in [4.69, 9.17) is 30.6 Å². The van der Waals surface area contributed by atoms with Crippen LogP contribution in [0.5, 0.6) is 0 Å². The van der Waals surface area contributed by atoms with Gasteiger partial charge in [0, 0.05) is 91.6 Å². The average Bonchev–Trinajstić information content (AvgIpc) is 3.01. The number of aliphatic carboxylic acids is 6. The highest BCUT2D eigenvalue weighted by molar-refractivity contribution is 5.78. The fourth-order valence-electron chi connectivity index (χ4n) is 9.82. The van der Waals surface area contributed by atoms with Gasteiger partial charge in [-0.25, -0.2) is 9.97 Å². The van der Waals surface area contributed by atoms with Gasteiger partial charge in [0.05, 0.1) is 60.6 Å². The van der Waals surface area contributed by atoms with Crippen molar-refractivity contribution in [3.05, 3.63) is 48.5 Å². The number of carbonyl (C=O) groups is 6. The number of hydrogen-bond donors (Lipinski definition) is 10. The maximum absolute atomic E-state index is 9.64.